The molecule has 5 heteroatoms. The zero-order valence-electron chi connectivity index (χ0n) is 10.3. The normalized spacial score (nSPS) is 10.4. The first-order chi connectivity index (χ1) is 8.78. The lowest BCUT2D eigenvalue weighted by molar-refractivity contribution is 0.299. The Balaban J connectivity index is 2.40. The molecule has 2 rings (SSSR count). The van der Waals surface area contributed by atoms with Gasteiger partial charge in [-0.25, -0.2) is 4.98 Å². The Labute approximate surface area is 110 Å². The van der Waals surface area contributed by atoms with E-state index in [9.17, 15) is 0 Å². The summed E-state index contributed by atoms with van der Waals surface area (Å²) in [6.07, 6.45) is 0.580. The number of rotatable bonds is 5. The highest BCUT2D eigenvalue weighted by atomic mass is 32.1. The fourth-order valence-corrected chi connectivity index (χ4v) is 2.45. The number of hydrogen-bond acceptors (Lipinski definition) is 5. The van der Waals surface area contributed by atoms with Crippen molar-refractivity contribution in [2.75, 3.05) is 20.8 Å². The lowest BCUT2D eigenvalue weighted by atomic mass is 10.1. The summed E-state index contributed by atoms with van der Waals surface area (Å²) in [7, 11) is 3.26. The van der Waals surface area contributed by atoms with Gasteiger partial charge < -0.3 is 14.6 Å². The minimum absolute atomic E-state index is 0.113. The minimum atomic E-state index is 0.113. The van der Waals surface area contributed by atoms with Crippen molar-refractivity contribution in [3.05, 3.63) is 28.6 Å². The number of benzene rings is 1. The summed E-state index contributed by atoms with van der Waals surface area (Å²) in [5.41, 5.74) is 1.75. The molecule has 0 bridgehead atoms. The first kappa shape index (κ1) is 12.9. The van der Waals surface area contributed by atoms with Gasteiger partial charge >= 0.3 is 0 Å². The molecule has 0 aliphatic heterocycles. The Morgan fingerprint density at radius 1 is 1.28 bits per heavy atom. The van der Waals surface area contributed by atoms with Crippen LogP contribution in [0.3, 0.4) is 0 Å². The number of aliphatic hydroxyl groups is 1. The summed E-state index contributed by atoms with van der Waals surface area (Å²) in [5, 5.41) is 11.8. The highest BCUT2D eigenvalue weighted by molar-refractivity contribution is 7.09. The van der Waals surface area contributed by atoms with Gasteiger partial charge in [-0.3, -0.25) is 0 Å². The molecule has 18 heavy (non-hydrogen) atoms. The maximum atomic E-state index is 8.90. The molecule has 0 saturated carbocycles. The lowest BCUT2D eigenvalue weighted by Gasteiger charge is -2.08. The van der Waals surface area contributed by atoms with Crippen LogP contribution in [0.2, 0.25) is 0 Å². The van der Waals surface area contributed by atoms with Crippen LogP contribution in [0.15, 0.2) is 23.6 Å². The maximum Gasteiger partial charge on any atom is 0.128 e. The van der Waals surface area contributed by atoms with E-state index in [2.05, 4.69) is 4.98 Å². The van der Waals surface area contributed by atoms with Gasteiger partial charge in [-0.05, 0) is 18.2 Å². The molecule has 0 radical (unpaired) electrons. The minimum Gasteiger partial charge on any atom is -0.497 e. The van der Waals surface area contributed by atoms with Gasteiger partial charge in [0.05, 0.1) is 24.9 Å². The van der Waals surface area contributed by atoms with Crippen molar-refractivity contribution in [2.24, 2.45) is 0 Å². The average molecular weight is 265 g/mol. The van der Waals surface area contributed by atoms with Gasteiger partial charge in [0.1, 0.15) is 11.5 Å². The Morgan fingerprint density at radius 3 is 2.78 bits per heavy atom. The Kier molecular flexibility index (Phi) is 4.17. The molecule has 1 aromatic carbocycles. The van der Waals surface area contributed by atoms with E-state index < -0.39 is 0 Å². The highest BCUT2D eigenvalue weighted by Crippen LogP contribution is 2.33. The highest BCUT2D eigenvalue weighted by Gasteiger charge is 2.11. The van der Waals surface area contributed by atoms with Crippen LogP contribution in [0.1, 0.15) is 5.01 Å². The molecular weight excluding hydrogens is 250 g/mol. The smallest absolute Gasteiger partial charge is 0.128 e. The SMILES string of the molecule is COc1ccc(OC)c(-c2csc(CCO)n2)c1. The van der Waals surface area contributed by atoms with E-state index in [1.54, 1.807) is 14.2 Å². The van der Waals surface area contributed by atoms with E-state index in [4.69, 9.17) is 14.6 Å². The zero-order valence-corrected chi connectivity index (χ0v) is 11.2. The summed E-state index contributed by atoms with van der Waals surface area (Å²) >= 11 is 1.53. The van der Waals surface area contributed by atoms with E-state index in [0.29, 0.717) is 6.42 Å². The summed E-state index contributed by atoms with van der Waals surface area (Å²) in [6.45, 7) is 0.113. The molecule has 0 fully saturated rings. The van der Waals surface area contributed by atoms with Gasteiger partial charge in [0, 0.05) is 24.0 Å². The Bertz CT molecular complexity index is 525. The number of nitrogens with zero attached hydrogens (tertiary/aromatic N) is 1. The van der Waals surface area contributed by atoms with Crippen molar-refractivity contribution in [3.63, 3.8) is 0 Å². The second-order valence-corrected chi connectivity index (χ2v) is 4.61. The van der Waals surface area contributed by atoms with Gasteiger partial charge in [-0.2, -0.15) is 0 Å². The van der Waals surface area contributed by atoms with Gasteiger partial charge in [0.25, 0.3) is 0 Å². The van der Waals surface area contributed by atoms with E-state index in [1.807, 2.05) is 23.6 Å². The van der Waals surface area contributed by atoms with Gasteiger partial charge in [-0.15, -0.1) is 11.3 Å². The van der Waals surface area contributed by atoms with Gasteiger partial charge in [-0.1, -0.05) is 0 Å². The predicted molar refractivity (Wildman–Crippen MR) is 71.4 cm³/mol. The number of thiazole rings is 1. The average Bonchev–Trinajstić information content (AvgIpc) is 2.87. The van der Waals surface area contributed by atoms with Crippen LogP contribution in [0, 0.1) is 0 Å². The molecule has 0 unspecified atom stereocenters. The van der Waals surface area contributed by atoms with Crippen LogP contribution >= 0.6 is 11.3 Å². The molecule has 2 aromatic rings. The van der Waals surface area contributed by atoms with Crippen LogP contribution in [-0.2, 0) is 6.42 Å². The quantitative estimate of drug-likeness (QED) is 0.901. The molecule has 0 aliphatic rings. The molecule has 0 atom stereocenters. The number of ether oxygens (including phenoxy) is 2. The van der Waals surface area contributed by atoms with Crippen molar-refractivity contribution in [2.45, 2.75) is 6.42 Å². The first-order valence-corrected chi connectivity index (χ1v) is 6.44. The predicted octanol–water partition coefficient (Wildman–Crippen LogP) is 2.36. The topological polar surface area (TPSA) is 51.6 Å². The Morgan fingerprint density at radius 2 is 2.11 bits per heavy atom. The van der Waals surface area contributed by atoms with Crippen molar-refractivity contribution in [3.8, 4) is 22.8 Å². The van der Waals surface area contributed by atoms with E-state index in [-0.39, 0.29) is 6.61 Å². The van der Waals surface area contributed by atoms with E-state index in [1.165, 1.54) is 11.3 Å². The van der Waals surface area contributed by atoms with Crippen molar-refractivity contribution >= 4 is 11.3 Å². The number of methoxy groups -OCH3 is 2. The molecule has 0 aliphatic carbocycles. The number of hydrogen-bond donors (Lipinski definition) is 1. The van der Waals surface area contributed by atoms with Gasteiger partial charge in [0.15, 0.2) is 0 Å². The second-order valence-electron chi connectivity index (χ2n) is 3.67. The lowest BCUT2D eigenvalue weighted by Crippen LogP contribution is -1.92. The monoisotopic (exact) mass is 265 g/mol. The van der Waals surface area contributed by atoms with Crippen molar-refractivity contribution < 1.29 is 14.6 Å². The van der Waals surface area contributed by atoms with Crippen LogP contribution in [0.5, 0.6) is 11.5 Å². The van der Waals surface area contributed by atoms with Crippen LogP contribution < -0.4 is 9.47 Å². The molecule has 1 N–H and O–H groups in total. The van der Waals surface area contributed by atoms with Crippen molar-refractivity contribution in [1.82, 2.24) is 4.98 Å². The maximum absolute atomic E-state index is 8.90. The summed E-state index contributed by atoms with van der Waals surface area (Å²) < 4.78 is 10.5. The molecule has 0 spiro atoms. The summed E-state index contributed by atoms with van der Waals surface area (Å²) in [5.74, 6) is 1.53. The van der Waals surface area contributed by atoms with Crippen molar-refractivity contribution in [1.29, 1.82) is 0 Å². The summed E-state index contributed by atoms with van der Waals surface area (Å²) in [4.78, 5) is 4.48. The third kappa shape index (κ3) is 2.63. The number of aromatic nitrogens is 1. The van der Waals surface area contributed by atoms with Crippen LogP contribution in [-0.4, -0.2) is 30.9 Å². The first-order valence-electron chi connectivity index (χ1n) is 5.56. The summed E-state index contributed by atoms with van der Waals surface area (Å²) in [6, 6.07) is 5.61. The molecule has 0 saturated heterocycles. The van der Waals surface area contributed by atoms with Crippen LogP contribution in [0.4, 0.5) is 0 Å². The molecule has 1 heterocycles. The second kappa shape index (κ2) is 5.84. The largest absolute Gasteiger partial charge is 0.497 e. The molecule has 0 amide bonds. The van der Waals surface area contributed by atoms with E-state index in [0.717, 1.165) is 27.8 Å². The molecule has 4 nitrogen and oxygen atoms in total. The van der Waals surface area contributed by atoms with E-state index >= 15 is 0 Å². The number of aliphatic hydroxyl groups excluding tert-OH is 1. The third-order valence-corrected chi connectivity index (χ3v) is 3.47. The third-order valence-electron chi connectivity index (χ3n) is 2.56. The molecule has 96 valence electrons. The van der Waals surface area contributed by atoms with Crippen LogP contribution in [0.25, 0.3) is 11.3 Å². The fraction of sp³-hybridized carbons (Fsp3) is 0.308. The standard InChI is InChI=1S/C13H15NO3S/c1-16-9-3-4-12(17-2)10(7-9)11-8-18-13(14-11)5-6-15/h3-4,7-8,15H,5-6H2,1-2H3. The van der Waals surface area contributed by atoms with Gasteiger partial charge in [0.2, 0.25) is 0 Å². The Hall–Kier alpha value is -1.59. The molecule has 1 aromatic heterocycles. The molecular formula is C13H15NO3S. The fourth-order valence-electron chi connectivity index (χ4n) is 1.66. The zero-order chi connectivity index (χ0) is 13.0.